The highest BCUT2D eigenvalue weighted by Gasteiger charge is 2.13. The Hall–Kier alpha value is -1.03. The van der Waals surface area contributed by atoms with E-state index < -0.39 is 0 Å². The summed E-state index contributed by atoms with van der Waals surface area (Å²) >= 11 is 9.85. The molecule has 0 heterocycles. The first kappa shape index (κ1) is 16.3. The zero-order valence-electron chi connectivity index (χ0n) is 12.4. The Labute approximate surface area is 139 Å². The molecule has 0 aliphatic rings. The summed E-state index contributed by atoms with van der Waals surface area (Å²) in [5.41, 5.74) is 3.48. The van der Waals surface area contributed by atoms with Crippen LogP contribution in [0.1, 0.15) is 22.7 Å². The first-order valence-electron chi connectivity index (χ1n) is 6.81. The number of nitrogens with one attached hydrogen (secondary N) is 1. The number of benzene rings is 2. The second kappa shape index (κ2) is 7.30. The fraction of sp³-hybridized carbons (Fsp3) is 0.294. The topological polar surface area (TPSA) is 21.3 Å². The molecule has 21 heavy (non-hydrogen) atoms. The molecule has 0 saturated heterocycles. The van der Waals surface area contributed by atoms with Crippen LogP contribution in [0.2, 0.25) is 5.02 Å². The number of halogens is 2. The van der Waals surface area contributed by atoms with Crippen LogP contribution in [0.25, 0.3) is 0 Å². The Morgan fingerprint density at radius 1 is 1.24 bits per heavy atom. The molecule has 0 saturated carbocycles. The van der Waals surface area contributed by atoms with Gasteiger partial charge in [0.15, 0.2) is 0 Å². The van der Waals surface area contributed by atoms with Crippen molar-refractivity contribution >= 4 is 27.5 Å². The molecule has 2 aromatic carbocycles. The first-order chi connectivity index (χ1) is 10.0. The van der Waals surface area contributed by atoms with E-state index in [-0.39, 0.29) is 6.04 Å². The number of likely N-dealkylation sites (N-methyl/N-ethyl adjacent to an activating group) is 1. The van der Waals surface area contributed by atoms with Crippen LogP contribution >= 0.6 is 27.5 Å². The summed E-state index contributed by atoms with van der Waals surface area (Å²) < 4.78 is 6.39. The largest absolute Gasteiger partial charge is 0.497 e. The molecule has 0 radical (unpaired) electrons. The van der Waals surface area contributed by atoms with Gasteiger partial charge in [-0.3, -0.25) is 0 Å². The third-order valence-corrected chi connectivity index (χ3v) is 4.80. The molecule has 0 amide bonds. The highest BCUT2D eigenvalue weighted by atomic mass is 79.9. The fourth-order valence-electron chi connectivity index (χ4n) is 2.27. The first-order valence-corrected chi connectivity index (χ1v) is 7.98. The predicted molar refractivity (Wildman–Crippen MR) is 92.4 cm³/mol. The number of hydrogen-bond donors (Lipinski definition) is 1. The lowest BCUT2D eigenvalue weighted by Crippen LogP contribution is -2.19. The van der Waals surface area contributed by atoms with E-state index in [0.717, 1.165) is 27.2 Å². The average Bonchev–Trinajstić information content (AvgIpc) is 2.49. The summed E-state index contributed by atoms with van der Waals surface area (Å²) in [6.45, 7) is 2.01. The summed E-state index contributed by atoms with van der Waals surface area (Å²) in [5.74, 6) is 0.866. The van der Waals surface area contributed by atoms with Gasteiger partial charge in [-0.15, -0.1) is 0 Å². The van der Waals surface area contributed by atoms with Gasteiger partial charge >= 0.3 is 0 Å². The molecule has 0 aromatic heterocycles. The Morgan fingerprint density at radius 3 is 2.62 bits per heavy atom. The standard InChI is InChI=1S/C17H19BrClNO/c1-11-4-5-12(9-16(11)19)17(20-2)10-13-8-14(21-3)6-7-15(13)18/h4-9,17,20H,10H2,1-3H3. The Balaban J connectivity index is 2.28. The number of aryl methyl sites for hydroxylation is 1. The molecule has 0 aliphatic heterocycles. The van der Waals surface area contributed by atoms with Crippen LogP contribution in [-0.2, 0) is 6.42 Å². The molecule has 0 spiro atoms. The van der Waals surface area contributed by atoms with Crippen molar-refractivity contribution in [2.24, 2.45) is 0 Å². The molecule has 112 valence electrons. The third kappa shape index (κ3) is 4.00. The van der Waals surface area contributed by atoms with E-state index in [1.54, 1.807) is 7.11 Å². The van der Waals surface area contributed by atoms with Gasteiger partial charge in [-0.25, -0.2) is 0 Å². The minimum atomic E-state index is 0.200. The second-order valence-corrected chi connectivity index (χ2v) is 6.27. The molecular formula is C17H19BrClNO. The summed E-state index contributed by atoms with van der Waals surface area (Å²) in [5, 5.41) is 4.16. The van der Waals surface area contributed by atoms with E-state index in [2.05, 4.69) is 39.4 Å². The minimum absolute atomic E-state index is 0.200. The normalized spacial score (nSPS) is 12.2. The molecule has 2 rings (SSSR count). The lowest BCUT2D eigenvalue weighted by atomic mass is 9.98. The van der Waals surface area contributed by atoms with Gasteiger partial charge in [-0.05, 0) is 61.3 Å². The Kier molecular flexibility index (Phi) is 5.68. The smallest absolute Gasteiger partial charge is 0.119 e. The summed E-state index contributed by atoms with van der Waals surface area (Å²) in [6, 6.07) is 12.4. The van der Waals surface area contributed by atoms with Gasteiger partial charge in [0.25, 0.3) is 0 Å². The highest BCUT2D eigenvalue weighted by molar-refractivity contribution is 9.10. The zero-order chi connectivity index (χ0) is 15.4. The lowest BCUT2D eigenvalue weighted by Gasteiger charge is -2.19. The van der Waals surface area contributed by atoms with Crippen molar-refractivity contribution in [3.05, 3.63) is 62.6 Å². The van der Waals surface area contributed by atoms with Gasteiger partial charge in [-0.2, -0.15) is 0 Å². The Morgan fingerprint density at radius 2 is 2.00 bits per heavy atom. The average molecular weight is 369 g/mol. The van der Waals surface area contributed by atoms with Crippen molar-refractivity contribution in [1.82, 2.24) is 5.32 Å². The van der Waals surface area contributed by atoms with Gasteiger partial charge in [0.05, 0.1) is 7.11 Å². The minimum Gasteiger partial charge on any atom is -0.497 e. The summed E-state index contributed by atoms with van der Waals surface area (Å²) in [4.78, 5) is 0. The predicted octanol–water partition coefficient (Wildman–Crippen LogP) is 4.92. The molecule has 4 heteroatoms. The van der Waals surface area contributed by atoms with Crippen LogP contribution in [0.5, 0.6) is 5.75 Å². The fourth-order valence-corrected chi connectivity index (χ4v) is 2.86. The van der Waals surface area contributed by atoms with E-state index in [9.17, 15) is 0 Å². The maximum Gasteiger partial charge on any atom is 0.119 e. The number of methoxy groups -OCH3 is 1. The molecule has 2 nitrogen and oxygen atoms in total. The maximum atomic E-state index is 6.24. The van der Waals surface area contributed by atoms with Crippen LogP contribution in [-0.4, -0.2) is 14.2 Å². The van der Waals surface area contributed by atoms with Crippen molar-refractivity contribution < 1.29 is 4.74 Å². The van der Waals surface area contributed by atoms with Crippen LogP contribution in [0.3, 0.4) is 0 Å². The maximum absolute atomic E-state index is 6.24. The highest BCUT2D eigenvalue weighted by Crippen LogP contribution is 2.29. The number of hydrogen-bond acceptors (Lipinski definition) is 2. The molecule has 1 atom stereocenters. The number of rotatable bonds is 5. The van der Waals surface area contributed by atoms with E-state index >= 15 is 0 Å². The molecule has 1 unspecified atom stereocenters. The van der Waals surface area contributed by atoms with Crippen LogP contribution < -0.4 is 10.1 Å². The molecule has 0 aliphatic carbocycles. The van der Waals surface area contributed by atoms with Crippen molar-refractivity contribution in [3.8, 4) is 5.75 Å². The quantitative estimate of drug-likeness (QED) is 0.808. The van der Waals surface area contributed by atoms with E-state index in [1.165, 1.54) is 11.1 Å². The summed E-state index contributed by atoms with van der Waals surface area (Å²) in [7, 11) is 3.65. The molecule has 0 fully saturated rings. The lowest BCUT2D eigenvalue weighted by molar-refractivity contribution is 0.414. The van der Waals surface area contributed by atoms with E-state index in [1.807, 2.05) is 32.2 Å². The van der Waals surface area contributed by atoms with Gasteiger partial charge in [-0.1, -0.05) is 39.7 Å². The van der Waals surface area contributed by atoms with Crippen LogP contribution in [0.15, 0.2) is 40.9 Å². The van der Waals surface area contributed by atoms with Gasteiger partial charge in [0.1, 0.15) is 5.75 Å². The monoisotopic (exact) mass is 367 g/mol. The molecule has 1 N–H and O–H groups in total. The van der Waals surface area contributed by atoms with Gasteiger partial charge in [0, 0.05) is 15.5 Å². The zero-order valence-corrected chi connectivity index (χ0v) is 14.8. The van der Waals surface area contributed by atoms with Crippen LogP contribution in [0.4, 0.5) is 0 Å². The molecule has 2 aromatic rings. The van der Waals surface area contributed by atoms with E-state index in [0.29, 0.717) is 0 Å². The molecule has 0 bridgehead atoms. The van der Waals surface area contributed by atoms with Crippen molar-refractivity contribution in [2.45, 2.75) is 19.4 Å². The summed E-state index contributed by atoms with van der Waals surface area (Å²) in [6.07, 6.45) is 0.855. The van der Waals surface area contributed by atoms with Crippen LogP contribution in [0, 0.1) is 6.92 Å². The van der Waals surface area contributed by atoms with Gasteiger partial charge < -0.3 is 10.1 Å². The molecular weight excluding hydrogens is 350 g/mol. The second-order valence-electron chi connectivity index (χ2n) is 5.01. The number of ether oxygens (including phenoxy) is 1. The Bertz CT molecular complexity index is 630. The van der Waals surface area contributed by atoms with E-state index in [4.69, 9.17) is 16.3 Å². The van der Waals surface area contributed by atoms with Crippen molar-refractivity contribution in [2.75, 3.05) is 14.2 Å². The van der Waals surface area contributed by atoms with Gasteiger partial charge in [0.2, 0.25) is 0 Å². The van der Waals surface area contributed by atoms with Crippen molar-refractivity contribution in [1.29, 1.82) is 0 Å². The SMILES string of the molecule is CNC(Cc1cc(OC)ccc1Br)c1ccc(C)c(Cl)c1. The van der Waals surface area contributed by atoms with Crippen molar-refractivity contribution in [3.63, 3.8) is 0 Å². The third-order valence-electron chi connectivity index (χ3n) is 3.62.